The summed E-state index contributed by atoms with van der Waals surface area (Å²) < 4.78 is 6.86. The molecule has 1 aliphatic heterocycles. The first-order valence-corrected chi connectivity index (χ1v) is 9.34. The number of likely N-dealkylation sites (tertiary alicyclic amines) is 1. The molecule has 0 radical (unpaired) electrons. The highest BCUT2D eigenvalue weighted by molar-refractivity contribution is 5.41. The summed E-state index contributed by atoms with van der Waals surface area (Å²) in [6.07, 6.45) is 3.46. The van der Waals surface area contributed by atoms with Crippen molar-refractivity contribution in [2.24, 2.45) is 0 Å². The van der Waals surface area contributed by atoms with Gasteiger partial charge in [-0.2, -0.15) is 0 Å². The zero-order chi connectivity index (χ0) is 18.5. The summed E-state index contributed by atoms with van der Waals surface area (Å²) >= 11 is 0. The van der Waals surface area contributed by atoms with Gasteiger partial charge < -0.3 is 14.4 Å². The van der Waals surface area contributed by atoms with Gasteiger partial charge in [0.05, 0.1) is 18.2 Å². The number of piperidine rings is 1. The lowest BCUT2D eigenvalue weighted by Gasteiger charge is -2.35. The monoisotopic (exact) mass is 356 g/mol. The maximum Gasteiger partial charge on any atom is 0.259 e. The SMILES string of the molecule is COCCn1c(C)cc(O)c([C@@H](c2ccccc2)N2CCCCC2)c1=O. The highest BCUT2D eigenvalue weighted by Crippen LogP contribution is 2.34. The van der Waals surface area contributed by atoms with Gasteiger partial charge in [0.1, 0.15) is 5.75 Å². The lowest BCUT2D eigenvalue weighted by atomic mass is 9.94. The van der Waals surface area contributed by atoms with Gasteiger partial charge in [0, 0.05) is 19.3 Å². The molecule has 140 valence electrons. The van der Waals surface area contributed by atoms with Crippen LogP contribution in [0.1, 0.15) is 42.1 Å². The fourth-order valence-corrected chi connectivity index (χ4v) is 3.86. The van der Waals surface area contributed by atoms with E-state index in [2.05, 4.69) is 4.90 Å². The van der Waals surface area contributed by atoms with Crippen LogP contribution in [0.4, 0.5) is 0 Å². The molecule has 26 heavy (non-hydrogen) atoms. The van der Waals surface area contributed by atoms with Gasteiger partial charge in [0.15, 0.2) is 0 Å². The molecular formula is C21H28N2O3. The van der Waals surface area contributed by atoms with Gasteiger partial charge in [-0.15, -0.1) is 0 Å². The van der Waals surface area contributed by atoms with E-state index in [1.165, 1.54) is 6.42 Å². The Hall–Kier alpha value is -2.11. The normalized spacial score (nSPS) is 16.5. The number of nitrogens with zero attached hydrogens (tertiary/aromatic N) is 2. The van der Waals surface area contributed by atoms with Gasteiger partial charge in [-0.3, -0.25) is 9.69 Å². The zero-order valence-corrected chi connectivity index (χ0v) is 15.6. The minimum atomic E-state index is -0.224. The third kappa shape index (κ3) is 3.84. The molecule has 0 spiro atoms. The molecule has 1 fully saturated rings. The summed E-state index contributed by atoms with van der Waals surface area (Å²) in [6.45, 7) is 4.66. The fraction of sp³-hybridized carbons (Fsp3) is 0.476. The number of benzene rings is 1. The van der Waals surface area contributed by atoms with Gasteiger partial charge in [-0.25, -0.2) is 0 Å². The molecule has 0 saturated carbocycles. The first kappa shape index (κ1) is 18.7. The number of aromatic hydroxyl groups is 1. The molecule has 3 rings (SSSR count). The molecule has 0 unspecified atom stereocenters. The van der Waals surface area contributed by atoms with Crippen LogP contribution in [0.15, 0.2) is 41.2 Å². The van der Waals surface area contributed by atoms with E-state index >= 15 is 0 Å². The van der Waals surface area contributed by atoms with E-state index in [0.717, 1.165) is 37.2 Å². The van der Waals surface area contributed by atoms with E-state index < -0.39 is 0 Å². The lowest BCUT2D eigenvalue weighted by molar-refractivity contribution is 0.178. The predicted octanol–water partition coefficient (Wildman–Crippen LogP) is 3.08. The van der Waals surface area contributed by atoms with Crippen LogP contribution in [0.25, 0.3) is 0 Å². The Labute approximate surface area is 154 Å². The number of rotatable bonds is 6. The van der Waals surface area contributed by atoms with Crippen LogP contribution in [-0.2, 0) is 11.3 Å². The molecule has 0 bridgehead atoms. The fourth-order valence-electron chi connectivity index (χ4n) is 3.86. The second-order valence-corrected chi connectivity index (χ2v) is 6.94. The van der Waals surface area contributed by atoms with Gasteiger partial charge in [-0.1, -0.05) is 36.8 Å². The number of aryl methyl sites for hydroxylation is 1. The average Bonchev–Trinajstić information content (AvgIpc) is 2.66. The quantitative estimate of drug-likeness (QED) is 0.864. The third-order valence-electron chi connectivity index (χ3n) is 5.19. The summed E-state index contributed by atoms with van der Waals surface area (Å²) in [5.74, 6) is 0.0839. The van der Waals surface area contributed by atoms with Crippen LogP contribution in [0.5, 0.6) is 5.75 Å². The topological polar surface area (TPSA) is 54.7 Å². The van der Waals surface area contributed by atoms with Crippen molar-refractivity contribution in [1.29, 1.82) is 0 Å². The lowest BCUT2D eigenvalue weighted by Crippen LogP contribution is -2.39. The van der Waals surface area contributed by atoms with Crippen molar-refractivity contribution < 1.29 is 9.84 Å². The van der Waals surface area contributed by atoms with Crippen LogP contribution >= 0.6 is 0 Å². The number of hydrogen-bond acceptors (Lipinski definition) is 4. The Morgan fingerprint density at radius 1 is 1.15 bits per heavy atom. The maximum atomic E-state index is 13.3. The highest BCUT2D eigenvalue weighted by Gasteiger charge is 2.29. The van der Waals surface area contributed by atoms with Crippen molar-refractivity contribution in [1.82, 2.24) is 9.47 Å². The standard InChI is InChI=1S/C21H28N2O3/c1-16-15-18(24)19(21(25)23(16)13-14-26-2)20(17-9-5-3-6-10-17)22-11-7-4-8-12-22/h3,5-6,9-10,15,20,24H,4,7-8,11-14H2,1-2H3/t20-/m1/s1. The second-order valence-electron chi connectivity index (χ2n) is 6.94. The summed E-state index contributed by atoms with van der Waals surface area (Å²) in [5.41, 5.74) is 2.14. The predicted molar refractivity (Wildman–Crippen MR) is 103 cm³/mol. The largest absolute Gasteiger partial charge is 0.507 e. The zero-order valence-electron chi connectivity index (χ0n) is 15.6. The van der Waals surface area contributed by atoms with Crippen LogP contribution in [0.3, 0.4) is 0 Å². The molecule has 5 heteroatoms. The highest BCUT2D eigenvalue weighted by atomic mass is 16.5. The molecule has 0 amide bonds. The van der Waals surface area contributed by atoms with Crippen molar-refractivity contribution in [3.8, 4) is 5.75 Å². The molecule has 1 atom stereocenters. The van der Waals surface area contributed by atoms with Gasteiger partial charge >= 0.3 is 0 Å². The van der Waals surface area contributed by atoms with Gasteiger partial charge in [-0.05, 0) is 44.5 Å². The first-order chi connectivity index (χ1) is 12.6. The number of aromatic nitrogens is 1. The summed E-state index contributed by atoms with van der Waals surface area (Å²) in [6, 6.07) is 11.5. The van der Waals surface area contributed by atoms with Gasteiger partial charge in [0.25, 0.3) is 5.56 Å². The molecule has 2 heterocycles. The Bertz CT molecular complexity index is 780. The third-order valence-corrected chi connectivity index (χ3v) is 5.19. The van der Waals surface area contributed by atoms with E-state index in [1.54, 1.807) is 17.7 Å². The summed E-state index contributed by atoms with van der Waals surface area (Å²) in [5, 5.41) is 10.7. The minimum Gasteiger partial charge on any atom is -0.507 e. The van der Waals surface area contributed by atoms with Crippen molar-refractivity contribution in [3.63, 3.8) is 0 Å². The molecule has 1 saturated heterocycles. The molecule has 1 N–H and O–H groups in total. The second kappa shape index (κ2) is 8.52. The average molecular weight is 356 g/mol. The number of methoxy groups -OCH3 is 1. The van der Waals surface area contributed by atoms with Crippen LogP contribution < -0.4 is 5.56 Å². The van der Waals surface area contributed by atoms with Crippen LogP contribution in [0.2, 0.25) is 0 Å². The summed E-state index contributed by atoms with van der Waals surface area (Å²) in [4.78, 5) is 15.6. The first-order valence-electron chi connectivity index (χ1n) is 9.34. The maximum absolute atomic E-state index is 13.3. The Morgan fingerprint density at radius 2 is 1.85 bits per heavy atom. The Balaban J connectivity index is 2.13. The molecule has 5 nitrogen and oxygen atoms in total. The molecular weight excluding hydrogens is 328 g/mol. The Kier molecular flexibility index (Phi) is 6.12. The number of hydrogen-bond donors (Lipinski definition) is 1. The molecule has 0 aliphatic carbocycles. The van der Waals surface area contributed by atoms with E-state index in [9.17, 15) is 9.90 Å². The number of pyridine rings is 1. The molecule has 2 aromatic rings. The van der Waals surface area contributed by atoms with E-state index in [-0.39, 0.29) is 17.4 Å². The van der Waals surface area contributed by atoms with Crippen molar-refractivity contribution in [3.05, 3.63) is 63.6 Å². The van der Waals surface area contributed by atoms with Gasteiger partial charge in [0.2, 0.25) is 0 Å². The van der Waals surface area contributed by atoms with E-state index in [4.69, 9.17) is 4.74 Å². The molecule has 1 aromatic carbocycles. The van der Waals surface area contributed by atoms with Crippen molar-refractivity contribution in [2.45, 2.75) is 38.8 Å². The van der Waals surface area contributed by atoms with E-state index in [1.807, 2.05) is 37.3 Å². The minimum absolute atomic E-state index is 0.0839. The summed E-state index contributed by atoms with van der Waals surface area (Å²) in [7, 11) is 1.63. The van der Waals surface area contributed by atoms with Crippen LogP contribution in [0, 0.1) is 6.92 Å². The van der Waals surface area contributed by atoms with Crippen molar-refractivity contribution >= 4 is 0 Å². The van der Waals surface area contributed by atoms with Crippen LogP contribution in [-0.4, -0.2) is 41.4 Å². The molecule has 1 aromatic heterocycles. The number of ether oxygens (including phenoxy) is 1. The van der Waals surface area contributed by atoms with Crippen molar-refractivity contribution in [2.75, 3.05) is 26.8 Å². The molecule has 1 aliphatic rings. The smallest absolute Gasteiger partial charge is 0.259 e. The Morgan fingerprint density at radius 3 is 2.50 bits per heavy atom. The van der Waals surface area contributed by atoms with E-state index in [0.29, 0.717) is 18.7 Å².